The highest BCUT2D eigenvalue weighted by molar-refractivity contribution is 7.12. The molecule has 2 N–H and O–H groups in total. The van der Waals surface area contributed by atoms with Gasteiger partial charge >= 0.3 is 5.97 Å². The molecule has 0 spiro atoms. The van der Waals surface area contributed by atoms with Crippen LogP contribution in [0.15, 0.2) is 41.8 Å². The number of carbonyl (C=O) groups is 3. The monoisotopic (exact) mass is 380 g/mol. The van der Waals surface area contributed by atoms with E-state index in [0.29, 0.717) is 15.5 Å². The maximum absolute atomic E-state index is 12.2. The molecule has 0 bridgehead atoms. The minimum Gasteiger partial charge on any atom is -0.469 e. The van der Waals surface area contributed by atoms with Gasteiger partial charge in [-0.2, -0.15) is 0 Å². The number of halogens is 1. The first-order valence-corrected chi connectivity index (χ1v) is 8.69. The van der Waals surface area contributed by atoms with Crippen LogP contribution in [0.2, 0.25) is 5.02 Å². The first-order valence-electron chi connectivity index (χ1n) is 7.43. The molecule has 1 aromatic carbocycles. The van der Waals surface area contributed by atoms with Gasteiger partial charge in [-0.05, 0) is 23.1 Å². The topological polar surface area (TPSA) is 84.5 Å². The molecule has 1 atom stereocenters. The number of nitrogens with one attached hydrogen (secondary N) is 2. The number of benzene rings is 1. The third-order valence-electron chi connectivity index (χ3n) is 3.37. The van der Waals surface area contributed by atoms with Gasteiger partial charge in [0.25, 0.3) is 5.91 Å². The fourth-order valence-electron chi connectivity index (χ4n) is 2.15. The van der Waals surface area contributed by atoms with Crippen LogP contribution in [0.1, 0.15) is 27.7 Å². The molecule has 0 aliphatic heterocycles. The van der Waals surface area contributed by atoms with Gasteiger partial charge in [0.1, 0.15) is 0 Å². The lowest BCUT2D eigenvalue weighted by atomic mass is 10.0. The number of esters is 1. The van der Waals surface area contributed by atoms with Crippen molar-refractivity contribution in [2.45, 2.75) is 12.5 Å². The Hall–Kier alpha value is -2.38. The van der Waals surface area contributed by atoms with E-state index in [2.05, 4.69) is 15.4 Å². The van der Waals surface area contributed by atoms with Crippen molar-refractivity contribution in [3.8, 4) is 0 Å². The molecule has 1 heterocycles. The van der Waals surface area contributed by atoms with E-state index in [9.17, 15) is 14.4 Å². The Bertz CT molecular complexity index is 749. The summed E-state index contributed by atoms with van der Waals surface area (Å²) >= 11 is 7.44. The minimum atomic E-state index is -0.646. The van der Waals surface area contributed by atoms with Gasteiger partial charge < -0.3 is 15.4 Å². The van der Waals surface area contributed by atoms with Crippen molar-refractivity contribution in [1.82, 2.24) is 10.6 Å². The van der Waals surface area contributed by atoms with E-state index in [1.807, 2.05) is 0 Å². The molecular formula is C17H17ClN2O4S. The lowest BCUT2D eigenvalue weighted by Crippen LogP contribution is -2.39. The quantitative estimate of drug-likeness (QED) is 0.723. The SMILES string of the molecule is COC(=O)C[C@@H](NC(=O)CNC(=O)c1cccs1)c1ccccc1Cl. The molecule has 0 aliphatic rings. The van der Waals surface area contributed by atoms with Gasteiger partial charge in [0.15, 0.2) is 0 Å². The molecule has 1 aromatic heterocycles. The van der Waals surface area contributed by atoms with Gasteiger partial charge in [0.05, 0.1) is 31.0 Å². The molecule has 132 valence electrons. The number of thiophene rings is 1. The Kier molecular flexibility index (Phi) is 6.97. The average Bonchev–Trinajstić information content (AvgIpc) is 3.14. The highest BCUT2D eigenvalue weighted by Crippen LogP contribution is 2.25. The van der Waals surface area contributed by atoms with Crippen LogP contribution in [0.25, 0.3) is 0 Å². The van der Waals surface area contributed by atoms with E-state index in [0.717, 1.165) is 0 Å². The van der Waals surface area contributed by atoms with Crippen molar-refractivity contribution in [2.75, 3.05) is 13.7 Å². The van der Waals surface area contributed by atoms with E-state index in [4.69, 9.17) is 11.6 Å². The lowest BCUT2D eigenvalue weighted by Gasteiger charge is -2.19. The number of hydrogen-bond donors (Lipinski definition) is 2. The summed E-state index contributed by atoms with van der Waals surface area (Å²) in [5.41, 5.74) is 0.604. The number of ether oxygens (including phenoxy) is 1. The van der Waals surface area contributed by atoms with Crippen LogP contribution in [0.4, 0.5) is 0 Å². The van der Waals surface area contributed by atoms with E-state index in [1.165, 1.54) is 18.4 Å². The smallest absolute Gasteiger partial charge is 0.307 e. The molecule has 25 heavy (non-hydrogen) atoms. The Morgan fingerprint density at radius 2 is 1.96 bits per heavy atom. The van der Waals surface area contributed by atoms with Crippen molar-refractivity contribution in [1.29, 1.82) is 0 Å². The van der Waals surface area contributed by atoms with Crippen LogP contribution >= 0.6 is 22.9 Å². The van der Waals surface area contributed by atoms with Crippen LogP contribution in [0.3, 0.4) is 0 Å². The van der Waals surface area contributed by atoms with Gasteiger partial charge in [-0.15, -0.1) is 11.3 Å². The Labute approximate surface area is 154 Å². The maximum atomic E-state index is 12.2. The Morgan fingerprint density at radius 3 is 2.60 bits per heavy atom. The highest BCUT2D eigenvalue weighted by Gasteiger charge is 2.21. The second-order valence-electron chi connectivity index (χ2n) is 5.08. The van der Waals surface area contributed by atoms with E-state index >= 15 is 0 Å². The minimum absolute atomic E-state index is 0.0646. The molecule has 0 saturated heterocycles. The molecule has 2 amide bonds. The zero-order valence-electron chi connectivity index (χ0n) is 13.5. The van der Waals surface area contributed by atoms with Crippen molar-refractivity contribution >= 4 is 40.7 Å². The standard InChI is InChI=1S/C17H17ClN2O4S/c1-24-16(22)9-13(11-5-2-3-6-12(11)18)20-15(21)10-19-17(23)14-7-4-8-25-14/h2-8,13H,9-10H2,1H3,(H,19,23)(H,20,21)/t13-/m1/s1. The van der Waals surface area contributed by atoms with E-state index in [-0.39, 0.29) is 18.9 Å². The van der Waals surface area contributed by atoms with Gasteiger partial charge in [0.2, 0.25) is 5.91 Å². The molecule has 6 nitrogen and oxygen atoms in total. The second-order valence-corrected chi connectivity index (χ2v) is 6.44. The fourth-order valence-corrected chi connectivity index (χ4v) is 3.05. The van der Waals surface area contributed by atoms with Gasteiger partial charge in [-0.1, -0.05) is 35.9 Å². The van der Waals surface area contributed by atoms with Crippen LogP contribution in [0, 0.1) is 0 Å². The Balaban J connectivity index is 2.00. The van der Waals surface area contributed by atoms with Crippen molar-refractivity contribution in [2.24, 2.45) is 0 Å². The number of amides is 2. The van der Waals surface area contributed by atoms with Crippen LogP contribution < -0.4 is 10.6 Å². The summed E-state index contributed by atoms with van der Waals surface area (Å²) < 4.78 is 4.67. The molecule has 2 aromatic rings. The largest absolute Gasteiger partial charge is 0.469 e. The lowest BCUT2D eigenvalue weighted by molar-refractivity contribution is -0.141. The number of hydrogen-bond acceptors (Lipinski definition) is 5. The van der Waals surface area contributed by atoms with Gasteiger partial charge in [-0.25, -0.2) is 0 Å². The van der Waals surface area contributed by atoms with Gasteiger partial charge in [-0.3, -0.25) is 14.4 Å². The van der Waals surface area contributed by atoms with E-state index < -0.39 is 17.9 Å². The zero-order chi connectivity index (χ0) is 18.2. The summed E-state index contributed by atoms with van der Waals surface area (Å²) in [6.07, 6.45) is -0.0646. The Morgan fingerprint density at radius 1 is 1.20 bits per heavy atom. The number of rotatable bonds is 7. The molecule has 2 rings (SSSR count). The van der Waals surface area contributed by atoms with Gasteiger partial charge in [0, 0.05) is 5.02 Å². The summed E-state index contributed by atoms with van der Waals surface area (Å²) in [5.74, 6) is -1.24. The van der Waals surface area contributed by atoms with Crippen LogP contribution in [0.5, 0.6) is 0 Å². The van der Waals surface area contributed by atoms with Crippen LogP contribution in [-0.4, -0.2) is 31.4 Å². The normalized spacial score (nSPS) is 11.4. The molecular weight excluding hydrogens is 364 g/mol. The average molecular weight is 381 g/mol. The first-order chi connectivity index (χ1) is 12.0. The third-order valence-corrected chi connectivity index (χ3v) is 4.58. The molecule has 0 fully saturated rings. The predicted molar refractivity (Wildman–Crippen MR) is 95.6 cm³/mol. The first kappa shape index (κ1) is 19.0. The predicted octanol–water partition coefficient (Wildman–Crippen LogP) is 2.55. The zero-order valence-corrected chi connectivity index (χ0v) is 15.0. The molecule has 0 aliphatic carbocycles. The summed E-state index contributed by atoms with van der Waals surface area (Å²) in [7, 11) is 1.27. The summed E-state index contributed by atoms with van der Waals surface area (Å²) in [6.45, 7) is -0.209. The summed E-state index contributed by atoms with van der Waals surface area (Å²) in [5, 5.41) is 7.44. The second kappa shape index (κ2) is 9.19. The van der Waals surface area contributed by atoms with Crippen molar-refractivity contribution in [3.05, 3.63) is 57.2 Å². The number of methoxy groups -OCH3 is 1. The fraction of sp³-hybridized carbons (Fsp3) is 0.235. The molecule has 0 saturated carbocycles. The van der Waals surface area contributed by atoms with Crippen molar-refractivity contribution in [3.63, 3.8) is 0 Å². The van der Waals surface area contributed by atoms with E-state index in [1.54, 1.807) is 41.8 Å². The van der Waals surface area contributed by atoms with Crippen molar-refractivity contribution < 1.29 is 19.1 Å². The third kappa shape index (κ3) is 5.58. The molecule has 0 radical (unpaired) electrons. The maximum Gasteiger partial charge on any atom is 0.307 e. The highest BCUT2D eigenvalue weighted by atomic mass is 35.5. The van der Waals surface area contributed by atoms with Crippen LogP contribution in [-0.2, 0) is 14.3 Å². The summed E-state index contributed by atoms with van der Waals surface area (Å²) in [6, 6.07) is 9.69. The summed E-state index contributed by atoms with van der Waals surface area (Å²) in [4.78, 5) is 36.2. The molecule has 8 heteroatoms. The molecule has 0 unspecified atom stereocenters. The number of carbonyl (C=O) groups excluding carboxylic acids is 3.